The van der Waals surface area contributed by atoms with Gasteiger partial charge in [-0.05, 0) is 75.4 Å². The number of amides is 1. The van der Waals surface area contributed by atoms with Gasteiger partial charge < -0.3 is 9.30 Å². The molecule has 1 heterocycles. The van der Waals surface area contributed by atoms with Crippen LogP contribution >= 0.6 is 0 Å². The molecule has 8 nitrogen and oxygen atoms in total. The molecule has 4 aromatic rings. The Hall–Kier alpha value is -4.37. The van der Waals surface area contributed by atoms with E-state index in [0.717, 1.165) is 26.9 Å². The van der Waals surface area contributed by atoms with Gasteiger partial charge in [-0.3, -0.25) is 9.10 Å². The number of methoxy groups -OCH3 is 1. The maximum absolute atomic E-state index is 13.5. The van der Waals surface area contributed by atoms with Gasteiger partial charge >= 0.3 is 0 Å². The number of benzene rings is 3. The number of nitrogens with zero attached hydrogens (tertiary/aromatic N) is 3. The average molecular weight is 531 g/mol. The van der Waals surface area contributed by atoms with Crippen LogP contribution in [0.4, 0.5) is 5.69 Å². The van der Waals surface area contributed by atoms with E-state index in [9.17, 15) is 13.2 Å². The van der Waals surface area contributed by atoms with Crippen LogP contribution < -0.4 is 14.5 Å². The van der Waals surface area contributed by atoms with Crippen molar-refractivity contribution in [1.29, 1.82) is 0 Å². The Balaban J connectivity index is 1.53. The van der Waals surface area contributed by atoms with Crippen molar-refractivity contribution in [1.82, 2.24) is 9.99 Å². The summed E-state index contributed by atoms with van der Waals surface area (Å²) in [5.74, 6) is -0.0430. The number of hydrogen-bond donors (Lipinski definition) is 1. The van der Waals surface area contributed by atoms with E-state index in [-0.39, 0.29) is 4.90 Å². The zero-order valence-electron chi connectivity index (χ0n) is 21.8. The van der Waals surface area contributed by atoms with Crippen molar-refractivity contribution in [3.05, 3.63) is 107 Å². The van der Waals surface area contributed by atoms with Crippen molar-refractivity contribution in [2.75, 3.05) is 18.0 Å². The van der Waals surface area contributed by atoms with Crippen molar-refractivity contribution >= 4 is 27.8 Å². The SMILES string of the molecule is COc1ccc(S(=O)(=O)N(CC(=O)N/N=C/c2cc(C)n(-c3ccc(C)cc3)c2C)c2ccccc2)cc1. The molecule has 0 saturated carbocycles. The van der Waals surface area contributed by atoms with Gasteiger partial charge in [0.05, 0.1) is 23.9 Å². The number of carbonyl (C=O) groups excluding carboxylic acids is 1. The summed E-state index contributed by atoms with van der Waals surface area (Å²) in [5, 5.41) is 4.11. The lowest BCUT2D eigenvalue weighted by atomic mass is 10.2. The van der Waals surface area contributed by atoms with Crippen molar-refractivity contribution in [2.45, 2.75) is 25.7 Å². The first-order valence-corrected chi connectivity index (χ1v) is 13.4. The van der Waals surface area contributed by atoms with Crippen molar-refractivity contribution < 1.29 is 17.9 Å². The number of ether oxygens (including phenoxy) is 1. The molecule has 1 N–H and O–H groups in total. The van der Waals surface area contributed by atoms with E-state index in [0.29, 0.717) is 11.4 Å². The molecule has 0 fully saturated rings. The first-order chi connectivity index (χ1) is 18.2. The third kappa shape index (κ3) is 5.78. The number of aromatic nitrogens is 1. The van der Waals surface area contributed by atoms with Crippen LogP contribution in [0.5, 0.6) is 5.75 Å². The minimum atomic E-state index is -4.03. The Kier molecular flexibility index (Phi) is 7.97. The van der Waals surface area contributed by atoms with E-state index in [1.54, 1.807) is 48.7 Å². The van der Waals surface area contributed by atoms with Crippen LogP contribution in [-0.2, 0) is 14.8 Å². The molecule has 196 valence electrons. The van der Waals surface area contributed by atoms with Crippen LogP contribution in [0.25, 0.3) is 5.69 Å². The second kappa shape index (κ2) is 11.4. The van der Waals surface area contributed by atoms with E-state index in [1.165, 1.54) is 24.8 Å². The minimum Gasteiger partial charge on any atom is -0.497 e. The summed E-state index contributed by atoms with van der Waals surface area (Å²) in [6.45, 7) is 5.58. The lowest BCUT2D eigenvalue weighted by Crippen LogP contribution is -2.39. The summed E-state index contributed by atoms with van der Waals surface area (Å²) < 4.78 is 35.2. The zero-order valence-corrected chi connectivity index (χ0v) is 22.6. The lowest BCUT2D eigenvalue weighted by Gasteiger charge is -2.23. The number of carbonyl (C=O) groups is 1. The van der Waals surface area contributed by atoms with Crippen LogP contribution in [0, 0.1) is 20.8 Å². The molecule has 1 aromatic heterocycles. The molecule has 38 heavy (non-hydrogen) atoms. The number of nitrogens with one attached hydrogen (secondary N) is 1. The van der Waals surface area contributed by atoms with Crippen LogP contribution in [0.2, 0.25) is 0 Å². The Morgan fingerprint density at radius 2 is 1.63 bits per heavy atom. The predicted molar refractivity (Wildman–Crippen MR) is 150 cm³/mol. The quantitative estimate of drug-likeness (QED) is 0.250. The fourth-order valence-electron chi connectivity index (χ4n) is 4.13. The summed E-state index contributed by atoms with van der Waals surface area (Å²) in [6, 6.07) is 24.7. The molecule has 0 aliphatic carbocycles. The molecule has 0 radical (unpaired) electrons. The maximum Gasteiger partial charge on any atom is 0.264 e. The topological polar surface area (TPSA) is 93.0 Å². The standard InChI is InChI=1S/C29H30N4O4S/c1-21-10-12-26(13-11-21)33-22(2)18-24(23(33)3)19-30-31-29(34)20-32(25-8-6-5-7-9-25)38(35,36)28-16-14-27(37-4)15-17-28/h5-19H,20H2,1-4H3,(H,31,34)/b30-19+. The molecule has 3 aromatic carbocycles. The van der Waals surface area contributed by atoms with Crippen molar-refractivity contribution in [2.24, 2.45) is 5.10 Å². The number of sulfonamides is 1. The fraction of sp³-hybridized carbons (Fsp3) is 0.172. The molecule has 0 bridgehead atoms. The number of para-hydroxylation sites is 1. The first kappa shape index (κ1) is 26.7. The van der Waals surface area contributed by atoms with Gasteiger partial charge in [-0.25, -0.2) is 13.8 Å². The molecule has 0 spiro atoms. The predicted octanol–water partition coefficient (Wildman–Crippen LogP) is 4.76. The summed E-state index contributed by atoms with van der Waals surface area (Å²) in [7, 11) is -2.53. The van der Waals surface area contributed by atoms with Crippen molar-refractivity contribution in [3.63, 3.8) is 0 Å². The summed E-state index contributed by atoms with van der Waals surface area (Å²) in [5.41, 5.74) is 7.89. The van der Waals surface area contributed by atoms with Gasteiger partial charge in [-0.15, -0.1) is 0 Å². The van der Waals surface area contributed by atoms with Crippen LogP contribution in [0.3, 0.4) is 0 Å². The Morgan fingerprint density at radius 3 is 2.26 bits per heavy atom. The summed E-state index contributed by atoms with van der Waals surface area (Å²) in [4.78, 5) is 12.9. The van der Waals surface area contributed by atoms with E-state index in [2.05, 4.69) is 39.4 Å². The molecular weight excluding hydrogens is 500 g/mol. The Labute approximate surface area is 223 Å². The van der Waals surface area contributed by atoms with Crippen LogP contribution in [0.15, 0.2) is 94.9 Å². The monoisotopic (exact) mass is 530 g/mol. The second-order valence-electron chi connectivity index (χ2n) is 8.81. The highest BCUT2D eigenvalue weighted by Crippen LogP contribution is 2.25. The largest absolute Gasteiger partial charge is 0.497 e. The van der Waals surface area contributed by atoms with E-state index in [4.69, 9.17) is 4.74 Å². The number of aryl methyl sites for hydroxylation is 2. The number of hydrazone groups is 1. The van der Waals surface area contributed by atoms with Gasteiger partial charge in [0.25, 0.3) is 15.9 Å². The average Bonchev–Trinajstić information content (AvgIpc) is 3.20. The Bertz CT molecular complexity index is 1540. The number of anilines is 1. The van der Waals surface area contributed by atoms with Crippen LogP contribution in [0.1, 0.15) is 22.5 Å². The zero-order chi connectivity index (χ0) is 27.3. The van der Waals surface area contributed by atoms with Crippen molar-refractivity contribution in [3.8, 4) is 11.4 Å². The fourth-order valence-corrected chi connectivity index (χ4v) is 5.55. The van der Waals surface area contributed by atoms with Gasteiger partial charge in [0.2, 0.25) is 0 Å². The molecule has 0 saturated heterocycles. The molecule has 9 heteroatoms. The maximum atomic E-state index is 13.5. The molecule has 4 rings (SSSR count). The smallest absolute Gasteiger partial charge is 0.264 e. The van der Waals surface area contributed by atoms with Gasteiger partial charge in [0, 0.05) is 22.6 Å². The first-order valence-electron chi connectivity index (χ1n) is 12.0. The minimum absolute atomic E-state index is 0.0435. The number of rotatable bonds is 9. The highest BCUT2D eigenvalue weighted by Gasteiger charge is 2.27. The van der Waals surface area contributed by atoms with E-state index < -0.39 is 22.5 Å². The second-order valence-corrected chi connectivity index (χ2v) is 10.7. The normalized spacial score (nSPS) is 11.5. The highest BCUT2D eigenvalue weighted by atomic mass is 32.2. The highest BCUT2D eigenvalue weighted by molar-refractivity contribution is 7.92. The summed E-state index contributed by atoms with van der Waals surface area (Å²) in [6.07, 6.45) is 1.57. The Morgan fingerprint density at radius 1 is 0.974 bits per heavy atom. The van der Waals surface area contributed by atoms with Crippen LogP contribution in [-0.4, -0.2) is 38.8 Å². The molecule has 1 amide bonds. The summed E-state index contributed by atoms with van der Waals surface area (Å²) >= 11 is 0. The molecule has 0 unspecified atom stereocenters. The molecule has 0 atom stereocenters. The third-order valence-corrected chi connectivity index (χ3v) is 7.92. The number of hydrogen-bond acceptors (Lipinski definition) is 5. The van der Waals surface area contributed by atoms with E-state index in [1.807, 2.05) is 26.8 Å². The molecule has 0 aliphatic heterocycles. The lowest BCUT2D eigenvalue weighted by molar-refractivity contribution is -0.119. The third-order valence-electron chi connectivity index (χ3n) is 6.13. The van der Waals surface area contributed by atoms with Gasteiger partial charge in [-0.2, -0.15) is 5.10 Å². The van der Waals surface area contributed by atoms with E-state index >= 15 is 0 Å². The molecule has 0 aliphatic rings. The van der Waals surface area contributed by atoms with Gasteiger partial charge in [-0.1, -0.05) is 35.9 Å². The van der Waals surface area contributed by atoms with Gasteiger partial charge in [0.1, 0.15) is 12.3 Å². The molecular formula is C29H30N4O4S. The van der Waals surface area contributed by atoms with Gasteiger partial charge in [0.15, 0.2) is 0 Å².